The topological polar surface area (TPSA) is 64.7 Å². The molecule has 0 amide bonds. The maximum Gasteiger partial charge on any atom is 0.190 e. The third-order valence-corrected chi connectivity index (χ3v) is 6.34. The van der Waals surface area contributed by atoms with Crippen LogP contribution in [0.3, 0.4) is 0 Å². The van der Waals surface area contributed by atoms with E-state index >= 15 is 0 Å². The van der Waals surface area contributed by atoms with Crippen molar-refractivity contribution in [3.8, 4) is 0 Å². The van der Waals surface area contributed by atoms with Crippen molar-refractivity contribution in [1.29, 1.82) is 0 Å². The Kier molecular flexibility index (Phi) is 11.2. The number of fused-ring (bicyclic) bond motifs is 1. The molecular formula is C27H38IN5O. The van der Waals surface area contributed by atoms with Gasteiger partial charge in [-0.3, -0.25) is 9.89 Å². The maximum absolute atomic E-state index is 6.14. The molecule has 0 atom stereocenters. The van der Waals surface area contributed by atoms with Crippen molar-refractivity contribution in [2.45, 2.75) is 38.3 Å². The van der Waals surface area contributed by atoms with Gasteiger partial charge in [-0.15, -0.1) is 24.0 Å². The fourth-order valence-corrected chi connectivity index (χ4v) is 4.48. The molecule has 7 heteroatoms. The van der Waals surface area contributed by atoms with Crippen molar-refractivity contribution in [2.24, 2.45) is 4.99 Å². The molecule has 2 aromatic carbocycles. The highest BCUT2D eigenvalue weighted by atomic mass is 127. The molecule has 1 aliphatic heterocycles. The average molecular weight is 576 g/mol. The number of ether oxygens (including phenoxy) is 1. The Bertz CT molecular complexity index is 998. The molecule has 1 aliphatic rings. The lowest BCUT2D eigenvalue weighted by atomic mass is 10.1. The number of hydrogen-bond acceptors (Lipinski definition) is 3. The molecule has 1 saturated heterocycles. The Balaban J connectivity index is 0.00000324. The van der Waals surface area contributed by atoms with Gasteiger partial charge in [0, 0.05) is 63.5 Å². The van der Waals surface area contributed by atoms with Gasteiger partial charge in [-0.25, -0.2) is 0 Å². The summed E-state index contributed by atoms with van der Waals surface area (Å²) in [5.74, 6) is 0.851. The summed E-state index contributed by atoms with van der Waals surface area (Å²) in [4.78, 5) is 10.2. The summed E-state index contributed by atoms with van der Waals surface area (Å²) in [6.45, 7) is 5.78. The number of aromatic nitrogens is 1. The third-order valence-electron chi connectivity index (χ3n) is 6.34. The average Bonchev–Trinajstić information content (AvgIpc) is 3.27. The first-order valence-corrected chi connectivity index (χ1v) is 12.2. The lowest BCUT2D eigenvalue weighted by molar-refractivity contribution is 0.00534. The second kappa shape index (κ2) is 14.3. The van der Waals surface area contributed by atoms with Gasteiger partial charge in [0.1, 0.15) is 0 Å². The van der Waals surface area contributed by atoms with Crippen LogP contribution in [-0.2, 0) is 17.7 Å². The summed E-state index contributed by atoms with van der Waals surface area (Å²) in [6.07, 6.45) is 6.68. The Hall–Kier alpha value is -2.10. The first-order chi connectivity index (χ1) is 16.3. The molecular weight excluding hydrogens is 537 g/mol. The number of hydrogen-bond donors (Lipinski definition) is 3. The number of aliphatic imine (C=N–C) groups is 1. The zero-order valence-electron chi connectivity index (χ0n) is 20.1. The Morgan fingerprint density at radius 2 is 1.76 bits per heavy atom. The van der Waals surface area contributed by atoms with Crippen LogP contribution >= 0.6 is 24.0 Å². The smallest absolute Gasteiger partial charge is 0.190 e. The highest BCUT2D eigenvalue weighted by Crippen LogP contribution is 2.18. The van der Waals surface area contributed by atoms with Gasteiger partial charge in [-0.2, -0.15) is 0 Å². The van der Waals surface area contributed by atoms with Crippen LogP contribution in [0.15, 0.2) is 65.8 Å². The molecule has 0 spiro atoms. The summed E-state index contributed by atoms with van der Waals surface area (Å²) < 4.78 is 6.14. The number of nitrogens with zero attached hydrogens (tertiary/aromatic N) is 2. The molecule has 34 heavy (non-hydrogen) atoms. The molecule has 0 bridgehead atoms. The zero-order valence-corrected chi connectivity index (χ0v) is 22.5. The number of guanidine groups is 1. The monoisotopic (exact) mass is 575 g/mol. The quantitative estimate of drug-likeness (QED) is 0.144. The number of para-hydroxylation sites is 1. The van der Waals surface area contributed by atoms with Gasteiger partial charge in [0.15, 0.2) is 5.96 Å². The maximum atomic E-state index is 6.14. The summed E-state index contributed by atoms with van der Waals surface area (Å²) >= 11 is 0. The van der Waals surface area contributed by atoms with Crippen LogP contribution in [0.5, 0.6) is 0 Å². The standard InChI is InChI=1S/C27H37N5O.HI/c1-28-27(30-16-12-23-20-31-26-11-6-5-10-25(23)26)29-15-7-19-33-24-13-17-32(18-14-24)21-22-8-3-2-4-9-22;/h2-6,8-11,20,24,31H,7,12-19,21H2,1H3,(H2,28,29,30);1H. The van der Waals surface area contributed by atoms with E-state index in [1.807, 2.05) is 7.05 Å². The molecule has 4 rings (SSSR count). The predicted octanol–water partition coefficient (Wildman–Crippen LogP) is 4.56. The molecule has 0 saturated carbocycles. The van der Waals surface area contributed by atoms with Crippen molar-refractivity contribution in [3.63, 3.8) is 0 Å². The molecule has 6 nitrogen and oxygen atoms in total. The molecule has 3 aromatic rings. The van der Waals surface area contributed by atoms with Crippen LogP contribution in [0.25, 0.3) is 10.9 Å². The molecule has 1 fully saturated rings. The van der Waals surface area contributed by atoms with Gasteiger partial charge >= 0.3 is 0 Å². The second-order valence-corrected chi connectivity index (χ2v) is 8.72. The van der Waals surface area contributed by atoms with Crippen molar-refractivity contribution < 1.29 is 4.74 Å². The van der Waals surface area contributed by atoms with Crippen molar-refractivity contribution >= 4 is 40.8 Å². The second-order valence-electron chi connectivity index (χ2n) is 8.72. The predicted molar refractivity (Wildman–Crippen MR) is 152 cm³/mol. The SMILES string of the molecule is CN=C(NCCCOC1CCN(Cc2ccccc2)CC1)NCCc1c[nH]c2ccccc12.I. The van der Waals surface area contributed by atoms with E-state index in [0.717, 1.165) is 71.0 Å². The molecule has 2 heterocycles. The highest BCUT2D eigenvalue weighted by Gasteiger charge is 2.19. The molecule has 1 aromatic heterocycles. The molecule has 184 valence electrons. The van der Waals surface area contributed by atoms with Gasteiger partial charge in [-0.05, 0) is 42.9 Å². The summed E-state index contributed by atoms with van der Waals surface area (Å²) in [7, 11) is 1.82. The lowest BCUT2D eigenvalue weighted by Gasteiger charge is -2.32. The van der Waals surface area contributed by atoms with E-state index in [1.54, 1.807) is 0 Å². The Morgan fingerprint density at radius 1 is 1.03 bits per heavy atom. The van der Waals surface area contributed by atoms with Crippen molar-refractivity contribution in [2.75, 3.05) is 39.8 Å². The Morgan fingerprint density at radius 3 is 2.56 bits per heavy atom. The third kappa shape index (κ3) is 7.99. The minimum absolute atomic E-state index is 0. The van der Waals surface area contributed by atoms with Crippen molar-refractivity contribution in [1.82, 2.24) is 20.5 Å². The lowest BCUT2D eigenvalue weighted by Crippen LogP contribution is -2.39. The van der Waals surface area contributed by atoms with Crippen LogP contribution in [0, 0.1) is 0 Å². The van der Waals surface area contributed by atoms with Gasteiger partial charge in [0.2, 0.25) is 0 Å². The number of piperidine rings is 1. The minimum Gasteiger partial charge on any atom is -0.378 e. The summed E-state index contributed by atoms with van der Waals surface area (Å²) in [5.41, 5.74) is 3.92. The number of benzene rings is 2. The van der Waals surface area contributed by atoms with E-state index in [0.29, 0.717) is 6.10 Å². The summed E-state index contributed by atoms with van der Waals surface area (Å²) in [5, 5.41) is 8.11. The van der Waals surface area contributed by atoms with Gasteiger partial charge in [0.25, 0.3) is 0 Å². The minimum atomic E-state index is 0. The fourth-order valence-electron chi connectivity index (χ4n) is 4.48. The first-order valence-electron chi connectivity index (χ1n) is 12.2. The molecule has 3 N–H and O–H groups in total. The number of H-pyrrole nitrogens is 1. The van der Waals surface area contributed by atoms with E-state index in [9.17, 15) is 0 Å². The molecule has 0 unspecified atom stereocenters. The number of halogens is 1. The fraction of sp³-hybridized carbons (Fsp3) is 0.444. The number of aromatic amines is 1. The zero-order chi connectivity index (χ0) is 22.7. The van der Waals surface area contributed by atoms with E-state index in [1.165, 1.54) is 22.0 Å². The van der Waals surface area contributed by atoms with Crippen LogP contribution in [-0.4, -0.2) is 61.8 Å². The van der Waals surface area contributed by atoms with E-state index in [2.05, 4.69) is 86.3 Å². The largest absolute Gasteiger partial charge is 0.378 e. The normalized spacial score (nSPS) is 15.3. The van der Waals surface area contributed by atoms with Gasteiger partial charge in [-0.1, -0.05) is 48.5 Å². The Labute approximate surface area is 220 Å². The van der Waals surface area contributed by atoms with Gasteiger partial charge in [0.05, 0.1) is 6.10 Å². The van der Waals surface area contributed by atoms with Crippen LogP contribution < -0.4 is 10.6 Å². The number of rotatable bonds is 10. The number of nitrogens with one attached hydrogen (secondary N) is 3. The van der Waals surface area contributed by atoms with Crippen molar-refractivity contribution in [3.05, 3.63) is 71.9 Å². The van der Waals surface area contributed by atoms with E-state index in [4.69, 9.17) is 4.74 Å². The van der Waals surface area contributed by atoms with Crippen LogP contribution in [0.1, 0.15) is 30.4 Å². The van der Waals surface area contributed by atoms with Gasteiger partial charge < -0.3 is 20.4 Å². The van der Waals surface area contributed by atoms with Crippen LogP contribution in [0.4, 0.5) is 0 Å². The summed E-state index contributed by atoms with van der Waals surface area (Å²) in [6, 6.07) is 19.2. The highest BCUT2D eigenvalue weighted by molar-refractivity contribution is 14.0. The molecule has 0 radical (unpaired) electrons. The number of likely N-dealkylation sites (tertiary alicyclic amines) is 1. The van der Waals surface area contributed by atoms with Crippen LogP contribution in [0.2, 0.25) is 0 Å². The van der Waals surface area contributed by atoms with E-state index in [-0.39, 0.29) is 24.0 Å². The first kappa shape index (κ1) is 26.5. The molecule has 0 aliphatic carbocycles. The van der Waals surface area contributed by atoms with E-state index < -0.39 is 0 Å².